The van der Waals surface area contributed by atoms with Crippen LogP contribution < -0.4 is 4.65 Å². The summed E-state index contributed by atoms with van der Waals surface area (Å²) in [5, 5.41) is 12.8. The third kappa shape index (κ3) is 1.76. The van der Waals surface area contributed by atoms with E-state index in [9.17, 15) is 10.0 Å². The van der Waals surface area contributed by atoms with Crippen LogP contribution in [0.4, 0.5) is 5.69 Å². The van der Waals surface area contributed by atoms with Crippen LogP contribution in [0, 0.1) is 10.6 Å². The predicted molar refractivity (Wildman–Crippen MR) is 69.4 cm³/mol. The molecule has 3 rings (SSSR count). The van der Waals surface area contributed by atoms with Gasteiger partial charge in [-0.2, -0.15) is 0 Å². The van der Waals surface area contributed by atoms with Crippen LogP contribution in [0.25, 0.3) is 0 Å². The molecular weight excluding hydrogens is 228 g/mol. The maximum absolute atomic E-state index is 12.8. The minimum atomic E-state index is -0.787. The zero-order valence-corrected chi connectivity index (χ0v) is 10.5. The molecule has 0 radical (unpaired) electrons. The molecule has 1 aromatic heterocycles. The van der Waals surface area contributed by atoms with E-state index >= 15 is 0 Å². The fraction of sp³-hybridized carbons (Fsp3) is 0.571. The minimum Gasteiger partial charge on any atom is -0.620 e. The van der Waals surface area contributed by atoms with E-state index in [4.69, 9.17) is 0 Å². The number of hydrogen-bond acceptors (Lipinski definition) is 3. The molecule has 4 heteroatoms. The summed E-state index contributed by atoms with van der Waals surface area (Å²) in [4.78, 5) is 16.2. The van der Waals surface area contributed by atoms with Crippen LogP contribution in [0.2, 0.25) is 0 Å². The molecule has 2 fully saturated rings. The Morgan fingerprint density at radius 2 is 1.83 bits per heavy atom. The van der Waals surface area contributed by atoms with Gasteiger partial charge < -0.3 is 5.21 Å². The molecule has 1 atom stereocenters. The molecule has 2 heterocycles. The highest BCUT2D eigenvalue weighted by atomic mass is 16.6. The number of carbonyl (C=O) groups excluding carboxylic acids is 1. The summed E-state index contributed by atoms with van der Waals surface area (Å²) in [6, 6.07) is 3.33. The van der Waals surface area contributed by atoms with Gasteiger partial charge in [0.05, 0.1) is 13.0 Å². The van der Waals surface area contributed by atoms with Crippen LogP contribution in [0.15, 0.2) is 24.5 Å². The number of nitrogens with zero attached hydrogens (tertiary/aromatic N) is 2. The Balaban J connectivity index is 1.86. The fourth-order valence-electron chi connectivity index (χ4n) is 3.47. The molecule has 0 N–H and O–H groups in total. The lowest BCUT2D eigenvalue weighted by Crippen LogP contribution is -2.56. The summed E-state index contributed by atoms with van der Waals surface area (Å²) in [5.74, 6) is -0.172. The smallest absolute Gasteiger partial charge is 0.319 e. The van der Waals surface area contributed by atoms with Gasteiger partial charge in [0, 0.05) is 30.9 Å². The highest BCUT2D eigenvalue weighted by Gasteiger charge is 2.47. The predicted octanol–water partition coefficient (Wildman–Crippen LogP) is 2.77. The first-order valence-corrected chi connectivity index (χ1v) is 6.68. The molecule has 1 spiro atoms. The number of rotatable bonds is 1. The summed E-state index contributed by atoms with van der Waals surface area (Å²) in [6.07, 6.45) is 9.16. The Bertz CT molecular complexity index is 454. The second kappa shape index (κ2) is 4.14. The normalized spacial score (nSPS) is 30.8. The first-order chi connectivity index (χ1) is 8.65. The first kappa shape index (κ1) is 11.8. The number of pyridine rings is 1. The van der Waals surface area contributed by atoms with Crippen molar-refractivity contribution < 1.29 is 4.79 Å². The van der Waals surface area contributed by atoms with Crippen LogP contribution in [0.5, 0.6) is 0 Å². The molecule has 1 aromatic rings. The molecular formula is C14H18N2O2. The summed E-state index contributed by atoms with van der Waals surface area (Å²) in [6.45, 7) is 0.392. The topological polar surface area (TPSA) is 53.0 Å². The van der Waals surface area contributed by atoms with Crippen LogP contribution in [-0.4, -0.2) is 17.4 Å². The average molecular weight is 246 g/mol. The molecule has 1 saturated heterocycles. The van der Waals surface area contributed by atoms with E-state index in [1.807, 2.05) is 0 Å². The molecule has 1 unspecified atom stereocenters. The summed E-state index contributed by atoms with van der Waals surface area (Å²) in [5.41, 5.74) is 0.679. The summed E-state index contributed by atoms with van der Waals surface area (Å²) in [7, 11) is 0. The zero-order chi connectivity index (χ0) is 12.6. The molecule has 18 heavy (non-hydrogen) atoms. The molecule has 0 bridgehead atoms. The van der Waals surface area contributed by atoms with Crippen molar-refractivity contribution in [3.05, 3.63) is 29.7 Å². The van der Waals surface area contributed by atoms with Gasteiger partial charge in [-0.05, 0) is 18.3 Å². The molecule has 1 amide bonds. The lowest BCUT2D eigenvalue weighted by molar-refractivity contribution is -0.134. The van der Waals surface area contributed by atoms with Gasteiger partial charge in [-0.1, -0.05) is 12.8 Å². The number of hydrogen-bond donors (Lipinski definition) is 0. The van der Waals surface area contributed by atoms with Crippen LogP contribution >= 0.6 is 0 Å². The van der Waals surface area contributed by atoms with Crippen molar-refractivity contribution in [1.29, 1.82) is 0 Å². The molecule has 2 aliphatic rings. The van der Waals surface area contributed by atoms with E-state index in [2.05, 4.69) is 4.98 Å². The van der Waals surface area contributed by atoms with Crippen molar-refractivity contribution in [2.75, 3.05) is 6.54 Å². The molecule has 1 saturated carbocycles. The average Bonchev–Trinajstić information content (AvgIpc) is 2.84. The number of quaternary nitrogens is 1. The second-order valence-corrected chi connectivity index (χ2v) is 5.70. The van der Waals surface area contributed by atoms with Gasteiger partial charge in [0.1, 0.15) is 5.69 Å². The van der Waals surface area contributed by atoms with E-state index in [1.165, 1.54) is 12.8 Å². The van der Waals surface area contributed by atoms with Gasteiger partial charge in [0.2, 0.25) is 0 Å². The minimum absolute atomic E-state index is 0.149. The molecule has 96 valence electrons. The van der Waals surface area contributed by atoms with Crippen molar-refractivity contribution in [2.45, 2.75) is 38.5 Å². The quantitative estimate of drug-likeness (QED) is 0.565. The Morgan fingerprint density at radius 1 is 1.17 bits per heavy atom. The number of hydroxylamine groups is 2. The van der Waals surface area contributed by atoms with Crippen molar-refractivity contribution in [3.63, 3.8) is 0 Å². The van der Waals surface area contributed by atoms with Crippen LogP contribution in [-0.2, 0) is 4.79 Å². The molecule has 4 nitrogen and oxygen atoms in total. The number of amides is 1. The van der Waals surface area contributed by atoms with Crippen molar-refractivity contribution in [2.24, 2.45) is 5.41 Å². The van der Waals surface area contributed by atoms with Crippen molar-refractivity contribution in [1.82, 2.24) is 9.63 Å². The van der Waals surface area contributed by atoms with Gasteiger partial charge in [0.25, 0.3) is 0 Å². The van der Waals surface area contributed by atoms with Gasteiger partial charge in [0.15, 0.2) is 0 Å². The zero-order valence-electron chi connectivity index (χ0n) is 10.5. The third-order valence-corrected chi connectivity index (χ3v) is 4.63. The second-order valence-electron chi connectivity index (χ2n) is 5.70. The Morgan fingerprint density at radius 3 is 2.44 bits per heavy atom. The highest BCUT2D eigenvalue weighted by Crippen LogP contribution is 2.48. The van der Waals surface area contributed by atoms with Crippen molar-refractivity contribution >= 4 is 11.6 Å². The number of aromatic nitrogens is 1. The molecule has 0 aromatic carbocycles. The van der Waals surface area contributed by atoms with Gasteiger partial charge in [-0.15, -0.1) is 0 Å². The van der Waals surface area contributed by atoms with Crippen LogP contribution in [0.3, 0.4) is 0 Å². The summed E-state index contributed by atoms with van der Waals surface area (Å²) >= 11 is 0. The standard InChI is InChI=1S/C14H18N2O2/c17-13-11-14(5-1-2-6-14)7-10-16(13,18)12-3-8-15-9-4-12/h3-4,8-9H,1-2,5-7,10-11H2. The van der Waals surface area contributed by atoms with Gasteiger partial charge in [-0.25, -0.2) is 4.79 Å². The molecule has 1 aliphatic heterocycles. The lowest BCUT2D eigenvalue weighted by atomic mass is 9.76. The highest BCUT2D eigenvalue weighted by molar-refractivity contribution is 5.90. The van der Waals surface area contributed by atoms with Crippen LogP contribution in [0.1, 0.15) is 38.5 Å². The third-order valence-electron chi connectivity index (χ3n) is 4.63. The Kier molecular flexibility index (Phi) is 2.72. The Labute approximate surface area is 107 Å². The van der Waals surface area contributed by atoms with Crippen molar-refractivity contribution in [3.8, 4) is 0 Å². The Hall–Kier alpha value is -1.26. The summed E-state index contributed by atoms with van der Waals surface area (Å²) < 4.78 is -0.787. The largest absolute Gasteiger partial charge is 0.620 e. The van der Waals surface area contributed by atoms with E-state index in [0.29, 0.717) is 18.7 Å². The monoisotopic (exact) mass is 246 g/mol. The van der Waals surface area contributed by atoms with E-state index in [0.717, 1.165) is 19.3 Å². The number of carbonyl (C=O) groups is 1. The maximum Gasteiger partial charge on any atom is 0.319 e. The van der Waals surface area contributed by atoms with E-state index in [-0.39, 0.29) is 11.3 Å². The molecule has 1 aliphatic carbocycles. The van der Waals surface area contributed by atoms with Gasteiger partial charge in [-0.3, -0.25) is 9.63 Å². The van der Waals surface area contributed by atoms with E-state index in [1.54, 1.807) is 24.5 Å². The number of piperidine rings is 1. The fourth-order valence-corrected chi connectivity index (χ4v) is 3.47. The lowest BCUT2D eigenvalue weighted by Gasteiger charge is -2.47. The first-order valence-electron chi connectivity index (χ1n) is 6.68. The van der Waals surface area contributed by atoms with E-state index < -0.39 is 4.65 Å². The van der Waals surface area contributed by atoms with Gasteiger partial charge >= 0.3 is 5.91 Å². The SMILES string of the molecule is O=C1CC2(CCCC2)CC[N+]1([O-])c1ccncc1. The maximum atomic E-state index is 12.8.